The summed E-state index contributed by atoms with van der Waals surface area (Å²) < 4.78 is 1.58. The lowest BCUT2D eigenvalue weighted by molar-refractivity contribution is 1.06. The molecule has 0 aliphatic rings. The molecule has 1 aromatic carbocycles. The molecule has 4 rings (SSSR count). The molecule has 4 heteroatoms. The van der Waals surface area contributed by atoms with Crippen LogP contribution in [0.3, 0.4) is 0 Å². The maximum absolute atomic E-state index is 12.3. The summed E-state index contributed by atoms with van der Waals surface area (Å²) in [6, 6.07) is 15.1. The van der Waals surface area contributed by atoms with Gasteiger partial charge in [0.05, 0.1) is 5.69 Å². The molecule has 21 heavy (non-hydrogen) atoms. The molecule has 0 radical (unpaired) electrons. The lowest BCUT2D eigenvalue weighted by atomic mass is 10.1. The van der Waals surface area contributed by atoms with E-state index in [2.05, 4.69) is 9.97 Å². The average Bonchev–Trinajstić information content (AvgIpc) is 2.55. The molecular weight excluding hydrogens is 262 g/mol. The Morgan fingerprint density at radius 1 is 0.952 bits per heavy atom. The maximum Gasteiger partial charge on any atom is 0.258 e. The van der Waals surface area contributed by atoms with Gasteiger partial charge in [0, 0.05) is 35.6 Å². The highest BCUT2D eigenvalue weighted by Crippen LogP contribution is 2.20. The van der Waals surface area contributed by atoms with E-state index in [0.29, 0.717) is 11.3 Å². The normalized spacial score (nSPS) is 11.0. The van der Waals surface area contributed by atoms with Crippen LogP contribution in [-0.2, 0) is 0 Å². The third-order valence-electron chi connectivity index (χ3n) is 3.53. The molecule has 0 atom stereocenters. The summed E-state index contributed by atoms with van der Waals surface area (Å²) >= 11 is 0. The van der Waals surface area contributed by atoms with E-state index in [0.717, 1.165) is 16.3 Å². The Hall–Kier alpha value is -3.01. The quantitative estimate of drug-likeness (QED) is 0.501. The third-order valence-corrected chi connectivity index (χ3v) is 3.53. The highest BCUT2D eigenvalue weighted by atomic mass is 16.1. The van der Waals surface area contributed by atoms with Crippen LogP contribution in [0.2, 0.25) is 0 Å². The Morgan fingerprint density at radius 3 is 2.62 bits per heavy atom. The van der Waals surface area contributed by atoms with Crippen molar-refractivity contribution < 1.29 is 0 Å². The Morgan fingerprint density at radius 2 is 1.76 bits per heavy atom. The van der Waals surface area contributed by atoms with Crippen molar-refractivity contribution in [3.8, 4) is 11.3 Å². The number of hydrogen-bond acceptors (Lipinski definition) is 3. The molecule has 0 bridgehead atoms. The van der Waals surface area contributed by atoms with Gasteiger partial charge < -0.3 is 0 Å². The van der Waals surface area contributed by atoms with Crippen LogP contribution in [0.5, 0.6) is 0 Å². The first-order chi connectivity index (χ1) is 10.3. The molecule has 0 saturated heterocycles. The minimum absolute atomic E-state index is 0.0856. The number of nitrogens with zero attached hydrogens (tertiary/aromatic N) is 3. The Bertz CT molecular complexity index is 1010. The number of benzene rings is 1. The van der Waals surface area contributed by atoms with Gasteiger partial charge in [0.15, 0.2) is 0 Å². The van der Waals surface area contributed by atoms with E-state index in [4.69, 9.17) is 0 Å². The van der Waals surface area contributed by atoms with Crippen molar-refractivity contribution in [3.63, 3.8) is 0 Å². The molecule has 0 amide bonds. The van der Waals surface area contributed by atoms with Crippen molar-refractivity contribution in [2.45, 2.75) is 0 Å². The smallest absolute Gasteiger partial charge is 0.258 e. The zero-order valence-corrected chi connectivity index (χ0v) is 11.1. The van der Waals surface area contributed by atoms with Crippen molar-refractivity contribution in [2.75, 3.05) is 0 Å². The number of hydrogen-bond donors (Lipinski definition) is 0. The van der Waals surface area contributed by atoms with Crippen molar-refractivity contribution in [2.24, 2.45) is 0 Å². The van der Waals surface area contributed by atoms with Gasteiger partial charge in [0.2, 0.25) is 0 Å². The molecule has 0 saturated carbocycles. The molecule has 0 spiro atoms. The summed E-state index contributed by atoms with van der Waals surface area (Å²) in [5.41, 5.74) is 2.14. The first-order valence-electron chi connectivity index (χ1n) is 6.64. The maximum atomic E-state index is 12.3. The molecule has 3 aromatic heterocycles. The highest BCUT2D eigenvalue weighted by molar-refractivity contribution is 5.94. The van der Waals surface area contributed by atoms with E-state index in [1.807, 2.05) is 42.5 Å². The van der Waals surface area contributed by atoms with Gasteiger partial charge in [0.1, 0.15) is 5.65 Å². The zero-order valence-electron chi connectivity index (χ0n) is 11.1. The average molecular weight is 273 g/mol. The van der Waals surface area contributed by atoms with Crippen LogP contribution >= 0.6 is 0 Å². The van der Waals surface area contributed by atoms with Gasteiger partial charge in [-0.15, -0.1) is 0 Å². The summed E-state index contributed by atoms with van der Waals surface area (Å²) in [7, 11) is 0. The first-order valence-corrected chi connectivity index (χ1v) is 6.64. The lowest BCUT2D eigenvalue weighted by Crippen LogP contribution is -2.14. The molecule has 4 aromatic rings. The standard InChI is InChI=1S/C17H11N3O/c21-16-11-15(13-5-8-18-9-6-13)19-17-14-4-2-1-3-12(14)7-10-20(16)17/h1-11H. The van der Waals surface area contributed by atoms with Crippen LogP contribution in [0, 0.1) is 0 Å². The minimum atomic E-state index is -0.0856. The molecule has 4 nitrogen and oxygen atoms in total. The van der Waals surface area contributed by atoms with Gasteiger partial charge >= 0.3 is 0 Å². The van der Waals surface area contributed by atoms with Gasteiger partial charge in [0.25, 0.3) is 5.56 Å². The van der Waals surface area contributed by atoms with Gasteiger partial charge in [-0.05, 0) is 23.6 Å². The van der Waals surface area contributed by atoms with Crippen molar-refractivity contribution >= 4 is 16.4 Å². The second-order valence-electron chi connectivity index (χ2n) is 4.81. The predicted octanol–water partition coefficient (Wildman–Crippen LogP) is 2.91. The molecule has 0 aliphatic carbocycles. The fraction of sp³-hybridized carbons (Fsp3) is 0. The lowest BCUT2D eigenvalue weighted by Gasteiger charge is -2.07. The second-order valence-corrected chi connectivity index (χ2v) is 4.81. The predicted molar refractivity (Wildman–Crippen MR) is 82.2 cm³/mol. The van der Waals surface area contributed by atoms with Crippen molar-refractivity contribution in [1.29, 1.82) is 0 Å². The van der Waals surface area contributed by atoms with Crippen molar-refractivity contribution in [1.82, 2.24) is 14.4 Å². The molecule has 3 heterocycles. The monoisotopic (exact) mass is 273 g/mol. The van der Waals surface area contributed by atoms with Crippen LogP contribution in [0.25, 0.3) is 27.7 Å². The van der Waals surface area contributed by atoms with Gasteiger partial charge in [-0.1, -0.05) is 24.3 Å². The number of fused-ring (bicyclic) bond motifs is 3. The van der Waals surface area contributed by atoms with E-state index < -0.39 is 0 Å². The Balaban J connectivity index is 2.13. The van der Waals surface area contributed by atoms with Crippen LogP contribution < -0.4 is 5.56 Å². The summed E-state index contributed by atoms with van der Waals surface area (Å²) in [4.78, 5) is 21.0. The van der Waals surface area contributed by atoms with Crippen molar-refractivity contribution in [3.05, 3.63) is 77.5 Å². The first kappa shape index (κ1) is 11.8. The SMILES string of the molecule is O=c1cc(-c2ccncc2)nc2c3ccccc3ccn12. The zero-order chi connectivity index (χ0) is 14.2. The topological polar surface area (TPSA) is 47.3 Å². The largest absolute Gasteiger partial charge is 0.269 e. The van der Waals surface area contributed by atoms with E-state index in [9.17, 15) is 4.79 Å². The summed E-state index contributed by atoms with van der Waals surface area (Å²) in [5.74, 6) is 0. The Kier molecular flexibility index (Phi) is 2.54. The van der Waals surface area contributed by atoms with E-state index in [-0.39, 0.29) is 5.56 Å². The Labute approximate surface area is 120 Å². The van der Waals surface area contributed by atoms with Crippen LogP contribution in [-0.4, -0.2) is 14.4 Å². The number of rotatable bonds is 1. The van der Waals surface area contributed by atoms with E-state index in [1.165, 1.54) is 0 Å². The van der Waals surface area contributed by atoms with Gasteiger partial charge in [-0.2, -0.15) is 0 Å². The number of aromatic nitrogens is 3. The summed E-state index contributed by atoms with van der Waals surface area (Å²) in [6.45, 7) is 0. The van der Waals surface area contributed by atoms with Gasteiger partial charge in [-0.3, -0.25) is 14.2 Å². The molecule has 0 aliphatic heterocycles. The van der Waals surface area contributed by atoms with Gasteiger partial charge in [-0.25, -0.2) is 4.98 Å². The highest BCUT2D eigenvalue weighted by Gasteiger charge is 2.07. The third kappa shape index (κ3) is 1.89. The van der Waals surface area contributed by atoms with E-state index in [1.54, 1.807) is 29.1 Å². The van der Waals surface area contributed by atoms with Crippen LogP contribution in [0.1, 0.15) is 0 Å². The second kappa shape index (κ2) is 4.52. The minimum Gasteiger partial charge on any atom is -0.269 e. The van der Waals surface area contributed by atoms with E-state index >= 15 is 0 Å². The summed E-state index contributed by atoms with van der Waals surface area (Å²) in [5, 5.41) is 2.03. The molecule has 0 unspecified atom stereocenters. The van der Waals surface area contributed by atoms with Crippen LogP contribution in [0.15, 0.2) is 71.9 Å². The molecule has 0 N–H and O–H groups in total. The molecule has 0 fully saturated rings. The summed E-state index contributed by atoms with van der Waals surface area (Å²) in [6.07, 6.45) is 5.16. The molecular formula is C17H11N3O. The fourth-order valence-corrected chi connectivity index (χ4v) is 2.50. The number of pyridine rings is 2. The fourth-order valence-electron chi connectivity index (χ4n) is 2.50. The molecule has 100 valence electrons. The van der Waals surface area contributed by atoms with Crippen LogP contribution in [0.4, 0.5) is 0 Å².